The smallest absolute Gasteiger partial charge is 0.275 e. The molecule has 4 heterocycles. The van der Waals surface area contributed by atoms with Crippen LogP contribution in [-0.4, -0.2) is 54.7 Å². The first-order chi connectivity index (χ1) is 18.2. The zero-order valence-corrected chi connectivity index (χ0v) is 21.6. The second-order valence-corrected chi connectivity index (χ2v) is 10.7. The van der Waals surface area contributed by atoms with Crippen molar-refractivity contribution in [2.45, 2.75) is 31.9 Å². The number of amides is 1. The van der Waals surface area contributed by atoms with Crippen molar-refractivity contribution in [1.82, 2.24) is 29.7 Å². The van der Waals surface area contributed by atoms with Crippen molar-refractivity contribution in [3.8, 4) is 22.0 Å². The Morgan fingerprint density at radius 3 is 2.87 bits per heavy atom. The maximum absolute atomic E-state index is 14.6. The Balaban J connectivity index is 1.34. The first-order valence-electron chi connectivity index (χ1n) is 11.5. The molecular formula is C22H21FN7O6PS-2. The van der Waals surface area contributed by atoms with E-state index in [9.17, 15) is 23.5 Å². The molecule has 4 aromatic heterocycles. The lowest BCUT2D eigenvalue weighted by Gasteiger charge is -2.34. The molecule has 4 aromatic rings. The number of carbonyl (C=O) groups is 1. The number of carbonyl (C=O) groups excluding carboxylic acids is 1. The van der Waals surface area contributed by atoms with Gasteiger partial charge in [0.25, 0.3) is 5.91 Å². The monoisotopic (exact) mass is 561 g/mol. The fraction of sp³-hybridized carbons (Fsp3) is 0.318. The number of pyridine rings is 1. The molecule has 1 saturated carbocycles. The van der Waals surface area contributed by atoms with Crippen LogP contribution in [0, 0.1) is 5.82 Å². The molecule has 1 aliphatic carbocycles. The van der Waals surface area contributed by atoms with Gasteiger partial charge in [0.2, 0.25) is 0 Å². The summed E-state index contributed by atoms with van der Waals surface area (Å²) in [6.07, 6.45) is 6.35. The molecule has 5 rings (SSSR count). The highest BCUT2D eigenvalue weighted by molar-refractivity contribution is 7.48. The number of nitrogens with one attached hydrogen (secondary N) is 1. The average Bonchev–Trinajstić information content (AvgIpc) is 3.59. The standard InChI is InChI=1S/C22H23FN7O6PS/c1-2-35-15-6-14(7-15)29-10-17(20(28-29)19-16(23)4-3-5-24-19)26-21(31)18-11-38-22(27-18)13-8-25-30(9-13)36-12-37(32,33)34/h3-5,8-11,14-15H,2,6-7,12H2,1H3,(H,26,31)(H2,32,33,34)/p-2. The lowest BCUT2D eigenvalue weighted by molar-refractivity contribution is -0.318. The molecule has 0 atom stereocenters. The number of hydrogen-bond donors (Lipinski definition) is 1. The van der Waals surface area contributed by atoms with Crippen LogP contribution in [0.15, 0.2) is 42.3 Å². The Bertz CT molecular complexity index is 1490. The van der Waals surface area contributed by atoms with E-state index in [1.807, 2.05) is 6.92 Å². The molecule has 0 unspecified atom stereocenters. The molecule has 38 heavy (non-hydrogen) atoms. The van der Waals surface area contributed by atoms with Crippen LogP contribution in [-0.2, 0) is 9.30 Å². The third-order valence-electron chi connectivity index (χ3n) is 5.70. The van der Waals surface area contributed by atoms with E-state index in [4.69, 9.17) is 9.57 Å². The minimum atomic E-state index is -4.87. The second kappa shape index (κ2) is 10.7. The Morgan fingerprint density at radius 2 is 2.13 bits per heavy atom. The summed E-state index contributed by atoms with van der Waals surface area (Å²) in [6, 6.07) is 2.78. The quantitative estimate of drug-likeness (QED) is 0.281. The third kappa shape index (κ3) is 5.81. The molecule has 0 bridgehead atoms. The minimum absolute atomic E-state index is 0.00863. The van der Waals surface area contributed by atoms with Crippen LogP contribution in [0.5, 0.6) is 0 Å². The molecule has 0 saturated heterocycles. The summed E-state index contributed by atoms with van der Waals surface area (Å²) in [4.78, 5) is 48.6. The van der Waals surface area contributed by atoms with Crippen LogP contribution in [0.25, 0.3) is 22.0 Å². The van der Waals surface area contributed by atoms with Crippen molar-refractivity contribution < 1.29 is 33.1 Å². The van der Waals surface area contributed by atoms with Crippen molar-refractivity contribution in [1.29, 1.82) is 0 Å². The lowest BCUT2D eigenvalue weighted by atomic mass is 9.89. The van der Waals surface area contributed by atoms with Crippen LogP contribution >= 0.6 is 18.9 Å². The van der Waals surface area contributed by atoms with Gasteiger partial charge in [0.05, 0.1) is 35.8 Å². The lowest BCUT2D eigenvalue weighted by Crippen LogP contribution is -2.33. The van der Waals surface area contributed by atoms with Crippen LogP contribution < -0.4 is 19.9 Å². The van der Waals surface area contributed by atoms with E-state index >= 15 is 0 Å². The number of anilines is 1. The van der Waals surface area contributed by atoms with Crippen LogP contribution in [0.4, 0.5) is 10.1 Å². The van der Waals surface area contributed by atoms with E-state index < -0.39 is 25.7 Å². The van der Waals surface area contributed by atoms with Crippen molar-refractivity contribution in [3.63, 3.8) is 0 Å². The summed E-state index contributed by atoms with van der Waals surface area (Å²) >= 11 is 1.14. The number of thiazole rings is 1. The van der Waals surface area contributed by atoms with E-state index in [0.717, 1.165) is 29.0 Å². The van der Waals surface area contributed by atoms with Crippen LogP contribution in [0.3, 0.4) is 0 Å². The third-order valence-corrected chi connectivity index (χ3v) is 7.02. The van der Waals surface area contributed by atoms with E-state index in [2.05, 4.69) is 25.5 Å². The Kier molecular flexibility index (Phi) is 7.36. The number of rotatable bonds is 10. The van der Waals surface area contributed by atoms with Gasteiger partial charge in [0.1, 0.15) is 28.4 Å². The van der Waals surface area contributed by atoms with Gasteiger partial charge in [-0.1, -0.05) is 0 Å². The molecule has 13 nitrogen and oxygen atoms in total. The fourth-order valence-corrected chi connectivity index (χ4v) is 4.88. The first kappa shape index (κ1) is 26.1. The summed E-state index contributed by atoms with van der Waals surface area (Å²) in [5, 5.41) is 13.0. The van der Waals surface area contributed by atoms with Crippen molar-refractivity contribution >= 4 is 30.5 Å². The highest BCUT2D eigenvalue weighted by atomic mass is 32.1. The SMILES string of the molecule is CCOC1CC(n2cc(NC(=O)c3csc(-c4cnn(OCP(=O)([O-])[O-])c4)n3)c(-c3ncccc3F)n2)C1. The number of nitrogens with zero attached hydrogens (tertiary/aromatic N) is 6. The highest BCUT2D eigenvalue weighted by Crippen LogP contribution is 2.37. The zero-order chi connectivity index (χ0) is 26.9. The van der Waals surface area contributed by atoms with Gasteiger partial charge in [0, 0.05) is 24.4 Å². The molecule has 0 aromatic carbocycles. The number of hydrogen-bond acceptors (Lipinski definition) is 11. The van der Waals surface area contributed by atoms with Gasteiger partial charge in [-0.2, -0.15) is 5.10 Å². The zero-order valence-electron chi connectivity index (χ0n) is 19.9. The molecular weight excluding hydrogens is 540 g/mol. The molecule has 200 valence electrons. The normalized spacial score (nSPS) is 17.3. The molecule has 0 aliphatic heterocycles. The van der Waals surface area contributed by atoms with Crippen molar-refractivity contribution in [3.05, 3.63) is 53.8 Å². The van der Waals surface area contributed by atoms with Crippen LogP contribution in [0.1, 0.15) is 36.3 Å². The number of ether oxygens (including phenoxy) is 1. The van der Waals surface area contributed by atoms with Gasteiger partial charge in [-0.25, -0.2) is 9.37 Å². The second-order valence-electron chi connectivity index (χ2n) is 8.40. The maximum Gasteiger partial charge on any atom is 0.275 e. The number of aromatic nitrogens is 6. The van der Waals surface area contributed by atoms with Gasteiger partial charge >= 0.3 is 0 Å². The van der Waals surface area contributed by atoms with Gasteiger partial charge in [0.15, 0.2) is 5.82 Å². The van der Waals surface area contributed by atoms with E-state index in [1.54, 1.807) is 10.9 Å². The molecule has 0 radical (unpaired) electrons. The van der Waals surface area contributed by atoms with Gasteiger partial charge < -0.3 is 29.2 Å². The first-order valence-corrected chi connectivity index (χ1v) is 14.1. The molecule has 1 N–H and O–H groups in total. The van der Waals surface area contributed by atoms with E-state index in [0.29, 0.717) is 17.2 Å². The summed E-state index contributed by atoms with van der Waals surface area (Å²) in [5.74, 6) is -1.12. The van der Waals surface area contributed by atoms with Gasteiger partial charge in [-0.15, -0.1) is 21.3 Å². The summed E-state index contributed by atoms with van der Waals surface area (Å²) in [6.45, 7) is 2.55. The van der Waals surface area contributed by atoms with Crippen molar-refractivity contribution in [2.24, 2.45) is 0 Å². The Labute approximate surface area is 219 Å². The summed E-state index contributed by atoms with van der Waals surface area (Å²) in [5.41, 5.74) is 1.01. The molecule has 1 fully saturated rings. The Hall–Kier alpha value is -3.49. The highest BCUT2D eigenvalue weighted by Gasteiger charge is 2.33. The molecule has 1 aliphatic rings. The average molecular weight is 561 g/mol. The van der Waals surface area contributed by atoms with E-state index in [1.165, 1.54) is 36.1 Å². The maximum atomic E-state index is 14.6. The fourth-order valence-electron chi connectivity index (χ4n) is 3.84. The molecule has 0 spiro atoms. The van der Waals surface area contributed by atoms with Gasteiger partial charge in [-0.05, 0) is 39.5 Å². The summed E-state index contributed by atoms with van der Waals surface area (Å²) < 4.78 is 32.6. The molecule has 16 heteroatoms. The Morgan fingerprint density at radius 1 is 1.32 bits per heavy atom. The van der Waals surface area contributed by atoms with Gasteiger partial charge in [-0.3, -0.25) is 14.5 Å². The minimum Gasteiger partial charge on any atom is -0.808 e. The van der Waals surface area contributed by atoms with Crippen molar-refractivity contribution in [2.75, 3.05) is 18.3 Å². The largest absolute Gasteiger partial charge is 0.808 e. The predicted octanol–water partition coefficient (Wildman–Crippen LogP) is 1.70. The molecule has 1 amide bonds. The number of halogens is 1. The topological polar surface area (TPSA) is 172 Å². The summed E-state index contributed by atoms with van der Waals surface area (Å²) in [7, 11) is -4.87. The van der Waals surface area contributed by atoms with Crippen LogP contribution in [0.2, 0.25) is 0 Å². The predicted molar refractivity (Wildman–Crippen MR) is 129 cm³/mol. The van der Waals surface area contributed by atoms with E-state index in [-0.39, 0.29) is 34.9 Å².